The van der Waals surface area contributed by atoms with E-state index >= 15 is 0 Å². The van der Waals surface area contributed by atoms with Gasteiger partial charge in [-0.15, -0.1) is 0 Å². The fraction of sp³-hybridized carbons (Fsp3) is 0.480. The van der Waals surface area contributed by atoms with Crippen molar-refractivity contribution in [2.45, 2.75) is 57.0 Å². The first-order valence-corrected chi connectivity index (χ1v) is 11.8. The van der Waals surface area contributed by atoms with Gasteiger partial charge in [0.05, 0.1) is 5.69 Å². The number of hydrogen-bond acceptors (Lipinski definition) is 3. The number of nitrogens with zero attached hydrogens (tertiary/aromatic N) is 2. The van der Waals surface area contributed by atoms with Crippen LogP contribution in [0.5, 0.6) is 0 Å². The predicted octanol–water partition coefficient (Wildman–Crippen LogP) is 3.70. The van der Waals surface area contributed by atoms with Crippen LogP contribution in [-0.4, -0.2) is 40.5 Å². The number of rotatable bonds is 3. The number of anilines is 1. The summed E-state index contributed by atoms with van der Waals surface area (Å²) in [6.07, 6.45) is 6.31. The summed E-state index contributed by atoms with van der Waals surface area (Å²) >= 11 is 0. The Hall–Kier alpha value is -3.16. The number of benzene rings is 1. The van der Waals surface area contributed by atoms with E-state index in [2.05, 4.69) is 10.6 Å². The van der Waals surface area contributed by atoms with Crippen LogP contribution in [0.2, 0.25) is 0 Å². The molecule has 2 aromatic rings. The molecular weight excluding hydrogens is 423 g/mol. The van der Waals surface area contributed by atoms with Crippen LogP contribution in [0.1, 0.15) is 60.5 Å². The summed E-state index contributed by atoms with van der Waals surface area (Å²) in [5.41, 5.74) is 1.78. The lowest BCUT2D eigenvalue weighted by molar-refractivity contribution is 0.0595. The molecule has 3 aliphatic rings. The van der Waals surface area contributed by atoms with E-state index in [9.17, 15) is 18.8 Å². The van der Waals surface area contributed by atoms with E-state index in [0.29, 0.717) is 30.9 Å². The van der Waals surface area contributed by atoms with E-state index in [1.54, 1.807) is 15.5 Å². The van der Waals surface area contributed by atoms with Gasteiger partial charge in [0.25, 0.3) is 11.5 Å². The number of carbonyl (C=O) groups is 2. The molecule has 1 aromatic carbocycles. The van der Waals surface area contributed by atoms with Crippen LogP contribution in [0.3, 0.4) is 0 Å². The van der Waals surface area contributed by atoms with Gasteiger partial charge in [0.15, 0.2) is 0 Å². The summed E-state index contributed by atoms with van der Waals surface area (Å²) in [7, 11) is 0. The van der Waals surface area contributed by atoms with Crippen molar-refractivity contribution in [1.82, 2.24) is 14.8 Å². The number of likely N-dealkylation sites (tertiary alicyclic amines) is 1. The molecule has 0 spiro atoms. The zero-order chi connectivity index (χ0) is 22.9. The van der Waals surface area contributed by atoms with Crippen LogP contribution in [-0.2, 0) is 6.54 Å². The Morgan fingerprint density at radius 2 is 1.70 bits per heavy atom. The van der Waals surface area contributed by atoms with Gasteiger partial charge in [-0.25, -0.2) is 9.18 Å². The lowest BCUT2D eigenvalue weighted by Gasteiger charge is -2.43. The smallest absolute Gasteiger partial charge is 0.319 e. The number of carbonyl (C=O) groups excluding carboxylic acids is 2. The molecule has 2 fully saturated rings. The van der Waals surface area contributed by atoms with E-state index < -0.39 is 0 Å². The van der Waals surface area contributed by atoms with Crippen LogP contribution >= 0.6 is 0 Å². The van der Waals surface area contributed by atoms with Crippen molar-refractivity contribution in [1.29, 1.82) is 0 Å². The summed E-state index contributed by atoms with van der Waals surface area (Å²) < 4.78 is 15.0. The first-order valence-electron chi connectivity index (χ1n) is 11.8. The van der Waals surface area contributed by atoms with E-state index in [-0.39, 0.29) is 41.2 Å². The van der Waals surface area contributed by atoms with Crippen molar-refractivity contribution in [2.24, 2.45) is 5.92 Å². The molecular formula is C25H29FN4O3. The number of halogens is 1. The van der Waals surface area contributed by atoms with Gasteiger partial charge in [-0.3, -0.25) is 9.59 Å². The summed E-state index contributed by atoms with van der Waals surface area (Å²) in [6.45, 7) is 1.52. The number of pyridine rings is 1. The SMILES string of the molecule is O=C(Nc1ccc(=O)n2c1[C@@H]1C[C@@H](CN(C(=O)c3ccc(F)cc3)C1)C2)NC1CCCCC1. The van der Waals surface area contributed by atoms with Crippen molar-refractivity contribution in [2.75, 3.05) is 18.4 Å². The predicted molar refractivity (Wildman–Crippen MR) is 123 cm³/mol. The molecule has 7 nitrogen and oxygen atoms in total. The molecule has 1 saturated heterocycles. The Kier molecular flexibility index (Phi) is 5.91. The van der Waals surface area contributed by atoms with Gasteiger partial charge in [-0.05, 0) is 55.5 Å². The summed E-state index contributed by atoms with van der Waals surface area (Å²) in [4.78, 5) is 40.2. The minimum Gasteiger partial charge on any atom is -0.338 e. The first kappa shape index (κ1) is 21.7. The number of piperidine rings is 1. The first-order chi connectivity index (χ1) is 16.0. The minimum atomic E-state index is -0.377. The molecule has 1 saturated carbocycles. The summed E-state index contributed by atoms with van der Waals surface area (Å²) in [5.74, 6) is -0.413. The van der Waals surface area contributed by atoms with Gasteiger partial charge in [-0.1, -0.05) is 19.3 Å². The zero-order valence-corrected chi connectivity index (χ0v) is 18.6. The zero-order valence-electron chi connectivity index (χ0n) is 18.6. The van der Waals surface area contributed by atoms with Gasteiger partial charge in [0.1, 0.15) is 5.82 Å². The van der Waals surface area contributed by atoms with Gasteiger partial charge in [0.2, 0.25) is 0 Å². The Morgan fingerprint density at radius 1 is 0.939 bits per heavy atom. The Morgan fingerprint density at radius 3 is 2.45 bits per heavy atom. The maximum atomic E-state index is 13.3. The number of amides is 3. The van der Waals surface area contributed by atoms with Crippen LogP contribution in [0.4, 0.5) is 14.9 Å². The van der Waals surface area contributed by atoms with Gasteiger partial charge in [0, 0.05) is 48.9 Å². The average Bonchev–Trinajstić information content (AvgIpc) is 2.81. The molecule has 33 heavy (non-hydrogen) atoms. The van der Waals surface area contributed by atoms with E-state index in [4.69, 9.17) is 0 Å². The van der Waals surface area contributed by atoms with Crippen molar-refractivity contribution < 1.29 is 14.0 Å². The fourth-order valence-electron chi connectivity index (χ4n) is 5.65. The number of aromatic nitrogens is 1. The minimum absolute atomic E-state index is 0.0548. The number of fused-ring (bicyclic) bond motifs is 4. The topological polar surface area (TPSA) is 83.4 Å². The molecule has 0 radical (unpaired) electrons. The number of urea groups is 1. The summed E-state index contributed by atoms with van der Waals surface area (Å²) in [6, 6.07) is 8.70. The maximum Gasteiger partial charge on any atom is 0.319 e. The van der Waals surface area contributed by atoms with Gasteiger partial charge >= 0.3 is 6.03 Å². The fourth-order valence-corrected chi connectivity index (χ4v) is 5.65. The van der Waals surface area contributed by atoms with E-state index in [1.165, 1.54) is 36.8 Å². The van der Waals surface area contributed by atoms with Gasteiger partial charge < -0.3 is 20.1 Å². The molecule has 2 atom stereocenters. The standard InChI is InChI=1S/C25H29FN4O3/c26-19-8-6-17(7-9-19)24(32)29-13-16-12-18(15-29)23-21(10-11-22(31)30(23)14-16)28-25(33)27-20-4-2-1-3-5-20/h6-11,16,18,20H,1-5,12-15H2,(H2,27,28,33)/t16-,18+/m0/s1. The molecule has 0 unspecified atom stereocenters. The van der Waals surface area contributed by atoms with Gasteiger partial charge in [-0.2, -0.15) is 0 Å². The molecule has 2 N–H and O–H groups in total. The van der Waals surface area contributed by atoms with Crippen molar-refractivity contribution >= 4 is 17.6 Å². The molecule has 1 aromatic heterocycles. The molecule has 2 aliphatic heterocycles. The second kappa shape index (κ2) is 9.00. The highest BCUT2D eigenvalue weighted by Gasteiger charge is 2.38. The highest BCUT2D eigenvalue weighted by Crippen LogP contribution is 2.39. The highest BCUT2D eigenvalue weighted by molar-refractivity contribution is 5.94. The highest BCUT2D eigenvalue weighted by atomic mass is 19.1. The molecule has 174 valence electrons. The molecule has 2 bridgehead atoms. The molecule has 1 aliphatic carbocycles. The molecule has 8 heteroatoms. The molecule has 3 heterocycles. The van der Waals surface area contributed by atoms with E-state index in [1.807, 2.05) is 0 Å². The second-order valence-corrected chi connectivity index (χ2v) is 9.53. The third-order valence-corrected chi connectivity index (χ3v) is 7.16. The van der Waals surface area contributed by atoms with E-state index in [0.717, 1.165) is 37.8 Å². The van der Waals surface area contributed by atoms with Crippen LogP contribution in [0.15, 0.2) is 41.2 Å². The monoisotopic (exact) mass is 452 g/mol. The largest absolute Gasteiger partial charge is 0.338 e. The Balaban J connectivity index is 1.37. The van der Waals surface area contributed by atoms with Crippen molar-refractivity contribution in [3.63, 3.8) is 0 Å². The number of nitrogens with one attached hydrogen (secondary N) is 2. The third kappa shape index (κ3) is 4.51. The van der Waals surface area contributed by atoms with Crippen LogP contribution in [0, 0.1) is 11.7 Å². The second-order valence-electron chi connectivity index (χ2n) is 9.53. The Labute approximate surface area is 192 Å². The van der Waals surface area contributed by atoms with Crippen molar-refractivity contribution in [3.05, 3.63) is 63.8 Å². The average molecular weight is 453 g/mol. The summed E-state index contributed by atoms with van der Waals surface area (Å²) in [5, 5.41) is 6.04. The molecule has 5 rings (SSSR count). The number of hydrogen-bond donors (Lipinski definition) is 2. The lowest BCUT2D eigenvalue weighted by Crippen LogP contribution is -2.49. The third-order valence-electron chi connectivity index (χ3n) is 7.16. The lowest BCUT2D eigenvalue weighted by atomic mass is 9.82. The normalized spacial score (nSPS) is 22.4. The molecule has 3 amide bonds. The van der Waals surface area contributed by atoms with Crippen LogP contribution < -0.4 is 16.2 Å². The van der Waals surface area contributed by atoms with Crippen molar-refractivity contribution in [3.8, 4) is 0 Å². The van der Waals surface area contributed by atoms with Crippen LogP contribution in [0.25, 0.3) is 0 Å². The maximum absolute atomic E-state index is 13.3. The quantitative estimate of drug-likeness (QED) is 0.745. The Bertz CT molecular complexity index is 1110.